The molecule has 1 fully saturated rings. The van der Waals surface area contributed by atoms with Crippen LogP contribution in [0.4, 0.5) is 0 Å². The van der Waals surface area contributed by atoms with Crippen molar-refractivity contribution in [2.45, 2.75) is 71.3 Å². The fraction of sp³-hybridized carbons (Fsp3) is 0.619. The van der Waals surface area contributed by atoms with Crippen LogP contribution < -0.4 is 5.32 Å². The number of carbonyl (C=O) groups excluding carboxylic acids is 2. The van der Waals surface area contributed by atoms with E-state index in [0.717, 1.165) is 0 Å². The number of nitrogens with one attached hydrogen (secondary N) is 1. The molecule has 4 nitrogen and oxygen atoms in total. The second kappa shape index (κ2) is 8.50. The lowest BCUT2D eigenvalue weighted by Gasteiger charge is -2.25. The predicted octanol–water partition coefficient (Wildman–Crippen LogP) is 4.11. The fourth-order valence-electron chi connectivity index (χ4n) is 3.47. The Balaban J connectivity index is 2.00. The molecule has 0 aliphatic heterocycles. The van der Waals surface area contributed by atoms with Gasteiger partial charge in [0.05, 0.1) is 6.54 Å². The van der Waals surface area contributed by atoms with Gasteiger partial charge in [-0.3, -0.25) is 9.59 Å². The highest BCUT2D eigenvalue weighted by Gasteiger charge is 2.21. The maximum Gasteiger partial charge on any atom is 0.254 e. The number of benzene rings is 1. The van der Waals surface area contributed by atoms with Crippen molar-refractivity contribution in [1.82, 2.24) is 10.2 Å². The van der Waals surface area contributed by atoms with E-state index in [1.54, 1.807) is 4.90 Å². The van der Waals surface area contributed by atoms with Crippen LogP contribution in [0.1, 0.15) is 81.6 Å². The summed E-state index contributed by atoms with van der Waals surface area (Å²) >= 11 is 0. The van der Waals surface area contributed by atoms with Gasteiger partial charge in [-0.25, -0.2) is 0 Å². The van der Waals surface area contributed by atoms with Crippen LogP contribution in [0.2, 0.25) is 0 Å². The molecule has 1 aromatic rings. The zero-order chi connectivity index (χ0) is 18.4. The summed E-state index contributed by atoms with van der Waals surface area (Å²) in [4.78, 5) is 26.4. The van der Waals surface area contributed by atoms with Gasteiger partial charge in [-0.15, -0.1) is 0 Å². The second-order valence-electron chi connectivity index (χ2n) is 8.07. The van der Waals surface area contributed by atoms with Crippen LogP contribution in [0.25, 0.3) is 0 Å². The predicted molar refractivity (Wildman–Crippen MR) is 102 cm³/mol. The van der Waals surface area contributed by atoms with Crippen molar-refractivity contribution in [2.75, 3.05) is 13.1 Å². The van der Waals surface area contributed by atoms with Crippen molar-refractivity contribution >= 4 is 11.8 Å². The Bertz CT molecular complexity index is 581. The normalized spacial score (nSPS) is 15.7. The summed E-state index contributed by atoms with van der Waals surface area (Å²) in [7, 11) is 0. The molecule has 1 N–H and O–H groups in total. The van der Waals surface area contributed by atoms with Crippen molar-refractivity contribution in [3.8, 4) is 0 Å². The molecule has 2 rings (SSSR count). The highest BCUT2D eigenvalue weighted by atomic mass is 16.2. The Morgan fingerprint density at radius 3 is 2.20 bits per heavy atom. The molecule has 0 bridgehead atoms. The summed E-state index contributed by atoms with van der Waals surface area (Å²) in [6, 6.07) is 8.01. The summed E-state index contributed by atoms with van der Waals surface area (Å²) < 4.78 is 0. The van der Waals surface area contributed by atoms with E-state index >= 15 is 0 Å². The lowest BCUT2D eigenvalue weighted by Crippen LogP contribution is -2.47. The quantitative estimate of drug-likeness (QED) is 0.874. The molecule has 0 aromatic heterocycles. The van der Waals surface area contributed by atoms with E-state index in [-0.39, 0.29) is 23.9 Å². The summed E-state index contributed by atoms with van der Waals surface area (Å²) in [6.07, 6.45) is 6.45. The van der Waals surface area contributed by atoms with Crippen LogP contribution >= 0.6 is 0 Å². The molecule has 25 heavy (non-hydrogen) atoms. The Kier molecular flexibility index (Phi) is 6.63. The van der Waals surface area contributed by atoms with Crippen LogP contribution in [0, 0.1) is 0 Å². The summed E-state index contributed by atoms with van der Waals surface area (Å²) in [5.74, 6) is 0.432. The van der Waals surface area contributed by atoms with E-state index in [0.29, 0.717) is 18.0 Å². The lowest BCUT2D eigenvalue weighted by molar-refractivity contribution is -0.123. The molecule has 138 valence electrons. The Morgan fingerprint density at radius 1 is 1.08 bits per heavy atom. The first-order chi connectivity index (χ1) is 11.8. The van der Waals surface area contributed by atoms with Crippen molar-refractivity contribution < 1.29 is 9.59 Å². The second-order valence-corrected chi connectivity index (χ2v) is 8.07. The van der Waals surface area contributed by atoms with Crippen LogP contribution in [0.5, 0.6) is 0 Å². The smallest absolute Gasteiger partial charge is 0.254 e. The first-order valence-electron chi connectivity index (χ1n) is 9.50. The van der Waals surface area contributed by atoms with Gasteiger partial charge < -0.3 is 10.2 Å². The highest BCUT2D eigenvalue weighted by molar-refractivity contribution is 5.96. The molecule has 2 amide bonds. The van der Waals surface area contributed by atoms with Gasteiger partial charge in [0.25, 0.3) is 5.91 Å². The molecule has 0 radical (unpaired) electrons. The first-order valence-corrected chi connectivity index (χ1v) is 9.50. The molecule has 0 spiro atoms. The Hall–Kier alpha value is -1.84. The van der Waals surface area contributed by atoms with Gasteiger partial charge in [-0.1, -0.05) is 31.4 Å². The third-order valence-corrected chi connectivity index (χ3v) is 4.75. The zero-order valence-corrected chi connectivity index (χ0v) is 16.1. The number of likely N-dealkylation sites (N-methyl/N-ethyl adjacent to an activating group) is 1. The summed E-state index contributed by atoms with van der Waals surface area (Å²) in [5.41, 5.74) is 1.70. The van der Waals surface area contributed by atoms with Crippen LogP contribution in [0.3, 0.4) is 0 Å². The number of nitrogens with zero attached hydrogens (tertiary/aromatic N) is 1. The third-order valence-electron chi connectivity index (χ3n) is 4.75. The fourth-order valence-corrected chi connectivity index (χ4v) is 3.47. The Morgan fingerprint density at radius 2 is 1.68 bits per heavy atom. The largest absolute Gasteiger partial charge is 0.350 e. The van der Waals surface area contributed by atoms with Crippen LogP contribution in [-0.4, -0.2) is 35.3 Å². The van der Waals surface area contributed by atoms with E-state index in [1.807, 2.05) is 39.8 Å². The SMILES string of the molecule is CCN(CC(=O)NC(C)(C)C)C(=O)c1ccc(C2CCCCC2)cc1. The van der Waals surface area contributed by atoms with Crippen LogP contribution in [0.15, 0.2) is 24.3 Å². The number of rotatable bonds is 5. The monoisotopic (exact) mass is 344 g/mol. The van der Waals surface area contributed by atoms with Crippen molar-refractivity contribution in [3.05, 3.63) is 35.4 Å². The first kappa shape index (κ1) is 19.5. The number of amides is 2. The number of hydrogen-bond donors (Lipinski definition) is 1. The number of carbonyl (C=O) groups is 2. The van der Waals surface area contributed by atoms with E-state index in [2.05, 4.69) is 17.4 Å². The molecule has 4 heteroatoms. The molecule has 0 saturated heterocycles. The Labute approximate surface area is 152 Å². The minimum Gasteiger partial charge on any atom is -0.350 e. The maximum absolute atomic E-state index is 12.7. The molecule has 0 atom stereocenters. The van der Waals surface area contributed by atoms with Gasteiger partial charge in [0, 0.05) is 17.6 Å². The maximum atomic E-state index is 12.7. The minimum absolute atomic E-state index is 0.0817. The van der Waals surface area contributed by atoms with Gasteiger partial charge in [0.2, 0.25) is 5.91 Å². The van der Waals surface area contributed by atoms with E-state index < -0.39 is 0 Å². The van der Waals surface area contributed by atoms with Gasteiger partial charge in [0.1, 0.15) is 0 Å². The van der Waals surface area contributed by atoms with Crippen LogP contribution in [-0.2, 0) is 4.79 Å². The molecule has 0 unspecified atom stereocenters. The molecular formula is C21H32N2O2. The minimum atomic E-state index is -0.290. The third kappa shape index (κ3) is 5.87. The zero-order valence-electron chi connectivity index (χ0n) is 16.1. The van der Waals surface area contributed by atoms with Gasteiger partial charge >= 0.3 is 0 Å². The van der Waals surface area contributed by atoms with Gasteiger partial charge in [-0.05, 0) is 64.2 Å². The molecule has 1 aliphatic carbocycles. The molecule has 1 saturated carbocycles. The van der Waals surface area contributed by atoms with Gasteiger partial charge in [-0.2, -0.15) is 0 Å². The summed E-state index contributed by atoms with van der Waals surface area (Å²) in [5, 5.41) is 2.91. The lowest BCUT2D eigenvalue weighted by atomic mass is 9.84. The average Bonchev–Trinajstić information content (AvgIpc) is 2.58. The van der Waals surface area contributed by atoms with Gasteiger partial charge in [0.15, 0.2) is 0 Å². The van der Waals surface area contributed by atoms with E-state index in [9.17, 15) is 9.59 Å². The molecular weight excluding hydrogens is 312 g/mol. The molecule has 1 aromatic carbocycles. The van der Waals surface area contributed by atoms with Crippen molar-refractivity contribution in [2.24, 2.45) is 0 Å². The van der Waals surface area contributed by atoms with E-state index in [4.69, 9.17) is 0 Å². The standard InChI is InChI=1S/C21H32N2O2/c1-5-23(15-19(24)22-21(2,3)4)20(25)18-13-11-17(12-14-18)16-9-7-6-8-10-16/h11-14,16H,5-10,15H2,1-4H3,(H,22,24). The van der Waals surface area contributed by atoms with Crippen molar-refractivity contribution in [3.63, 3.8) is 0 Å². The average molecular weight is 344 g/mol. The number of hydrogen-bond acceptors (Lipinski definition) is 2. The molecule has 1 aliphatic rings. The van der Waals surface area contributed by atoms with Crippen molar-refractivity contribution in [1.29, 1.82) is 0 Å². The topological polar surface area (TPSA) is 49.4 Å². The van der Waals surface area contributed by atoms with E-state index in [1.165, 1.54) is 37.7 Å². The molecule has 0 heterocycles. The summed E-state index contributed by atoms with van der Waals surface area (Å²) in [6.45, 7) is 8.32. The highest BCUT2D eigenvalue weighted by Crippen LogP contribution is 2.32.